The monoisotopic (exact) mass is 236 g/mol. The van der Waals surface area contributed by atoms with Crippen molar-refractivity contribution in [2.24, 2.45) is 17.3 Å². The van der Waals surface area contributed by atoms with Crippen molar-refractivity contribution >= 4 is 0 Å². The Kier molecular flexibility index (Phi) is 3.45. The van der Waals surface area contributed by atoms with Crippen LogP contribution in [0, 0.1) is 17.3 Å². The molecule has 0 radical (unpaired) electrons. The van der Waals surface area contributed by atoms with Gasteiger partial charge < -0.3 is 10.2 Å². The molecule has 3 aliphatic rings. The molecule has 98 valence electrons. The van der Waals surface area contributed by atoms with Gasteiger partial charge in [0.25, 0.3) is 0 Å². The van der Waals surface area contributed by atoms with E-state index >= 15 is 0 Å². The number of likely N-dealkylation sites (tertiary alicyclic amines) is 1. The summed E-state index contributed by atoms with van der Waals surface area (Å²) in [4.78, 5) is 2.77. The van der Waals surface area contributed by atoms with Gasteiger partial charge in [-0.3, -0.25) is 0 Å². The summed E-state index contributed by atoms with van der Waals surface area (Å²) >= 11 is 0. The maximum Gasteiger partial charge on any atom is 0.00386 e. The molecule has 2 aliphatic heterocycles. The maximum absolute atomic E-state index is 3.41. The van der Waals surface area contributed by atoms with Gasteiger partial charge >= 0.3 is 0 Å². The lowest BCUT2D eigenvalue weighted by Crippen LogP contribution is -2.48. The van der Waals surface area contributed by atoms with Crippen LogP contribution in [-0.2, 0) is 0 Å². The zero-order valence-electron chi connectivity index (χ0n) is 11.4. The van der Waals surface area contributed by atoms with Crippen molar-refractivity contribution in [3.8, 4) is 0 Å². The average molecular weight is 236 g/mol. The minimum absolute atomic E-state index is 0.746. The van der Waals surface area contributed by atoms with E-state index in [4.69, 9.17) is 0 Å². The second-order valence-corrected chi connectivity index (χ2v) is 6.94. The summed E-state index contributed by atoms with van der Waals surface area (Å²) in [7, 11) is 0. The van der Waals surface area contributed by atoms with Crippen LogP contribution in [0.4, 0.5) is 0 Å². The third-order valence-electron chi connectivity index (χ3n) is 5.60. The molecule has 1 N–H and O–H groups in total. The highest BCUT2D eigenvalue weighted by molar-refractivity contribution is 4.93. The molecule has 0 amide bonds. The summed E-state index contributed by atoms with van der Waals surface area (Å²) < 4.78 is 0. The van der Waals surface area contributed by atoms with E-state index in [1.807, 2.05) is 0 Å². The Balaban J connectivity index is 1.49. The van der Waals surface area contributed by atoms with Crippen molar-refractivity contribution in [1.29, 1.82) is 0 Å². The first-order valence-electron chi connectivity index (χ1n) is 7.71. The van der Waals surface area contributed by atoms with E-state index in [0.29, 0.717) is 0 Å². The van der Waals surface area contributed by atoms with Crippen molar-refractivity contribution in [1.82, 2.24) is 10.2 Å². The lowest BCUT2D eigenvalue weighted by molar-refractivity contribution is 0.152. The van der Waals surface area contributed by atoms with Crippen LogP contribution in [0.1, 0.15) is 45.4 Å². The van der Waals surface area contributed by atoms with Crippen LogP contribution in [0.3, 0.4) is 0 Å². The summed E-state index contributed by atoms with van der Waals surface area (Å²) in [6.45, 7) is 9.13. The molecule has 0 aromatic rings. The van der Waals surface area contributed by atoms with E-state index in [1.54, 1.807) is 0 Å². The molecule has 1 saturated carbocycles. The number of hydrogen-bond acceptors (Lipinski definition) is 2. The molecule has 2 saturated heterocycles. The fourth-order valence-corrected chi connectivity index (χ4v) is 4.16. The Hall–Kier alpha value is -0.0800. The SMILES string of the molecule is CC(CN1CCC2(CCCCC2)C1)C1CNC1. The van der Waals surface area contributed by atoms with Crippen molar-refractivity contribution in [3.05, 3.63) is 0 Å². The van der Waals surface area contributed by atoms with Crippen LogP contribution in [0.5, 0.6) is 0 Å². The molecule has 1 spiro atoms. The van der Waals surface area contributed by atoms with Crippen LogP contribution in [0.15, 0.2) is 0 Å². The normalized spacial score (nSPS) is 31.6. The molecule has 1 atom stereocenters. The number of hydrogen-bond donors (Lipinski definition) is 1. The number of nitrogens with zero attached hydrogens (tertiary/aromatic N) is 1. The quantitative estimate of drug-likeness (QED) is 0.810. The highest BCUT2D eigenvalue weighted by Gasteiger charge is 2.39. The van der Waals surface area contributed by atoms with Gasteiger partial charge in [-0.2, -0.15) is 0 Å². The van der Waals surface area contributed by atoms with Gasteiger partial charge in [0.2, 0.25) is 0 Å². The summed E-state index contributed by atoms with van der Waals surface area (Å²) in [5.41, 5.74) is 0.746. The van der Waals surface area contributed by atoms with Gasteiger partial charge in [0, 0.05) is 13.1 Å². The molecule has 2 heteroatoms. The number of nitrogens with one attached hydrogen (secondary N) is 1. The predicted molar refractivity (Wildman–Crippen MR) is 72.1 cm³/mol. The van der Waals surface area contributed by atoms with E-state index < -0.39 is 0 Å². The fourth-order valence-electron chi connectivity index (χ4n) is 4.16. The van der Waals surface area contributed by atoms with Gasteiger partial charge in [0.1, 0.15) is 0 Å². The zero-order valence-corrected chi connectivity index (χ0v) is 11.4. The Labute approximate surface area is 106 Å². The van der Waals surface area contributed by atoms with Crippen LogP contribution in [0.2, 0.25) is 0 Å². The zero-order chi connectivity index (χ0) is 11.7. The first-order chi connectivity index (χ1) is 8.27. The average Bonchev–Trinajstić information content (AvgIpc) is 2.60. The standard InChI is InChI=1S/C15H28N2/c1-13(14-9-16-10-14)11-17-8-7-15(12-17)5-3-2-4-6-15/h13-14,16H,2-12H2,1H3. The maximum atomic E-state index is 3.41. The molecule has 2 nitrogen and oxygen atoms in total. The molecule has 3 fully saturated rings. The minimum atomic E-state index is 0.746. The lowest BCUT2D eigenvalue weighted by Gasteiger charge is -2.36. The largest absolute Gasteiger partial charge is 0.316 e. The summed E-state index contributed by atoms with van der Waals surface area (Å²) in [6.07, 6.45) is 9.01. The van der Waals surface area contributed by atoms with Crippen LogP contribution >= 0.6 is 0 Å². The molecule has 0 aromatic heterocycles. The van der Waals surface area contributed by atoms with Gasteiger partial charge in [-0.25, -0.2) is 0 Å². The van der Waals surface area contributed by atoms with Crippen molar-refractivity contribution in [2.45, 2.75) is 45.4 Å². The van der Waals surface area contributed by atoms with Gasteiger partial charge in [-0.1, -0.05) is 26.2 Å². The lowest BCUT2D eigenvalue weighted by atomic mass is 9.73. The molecule has 2 heterocycles. The van der Waals surface area contributed by atoms with Crippen LogP contribution < -0.4 is 5.32 Å². The van der Waals surface area contributed by atoms with Gasteiger partial charge in [-0.15, -0.1) is 0 Å². The van der Waals surface area contributed by atoms with Crippen LogP contribution in [0.25, 0.3) is 0 Å². The van der Waals surface area contributed by atoms with Gasteiger partial charge in [0.15, 0.2) is 0 Å². The minimum Gasteiger partial charge on any atom is -0.316 e. The summed E-state index contributed by atoms with van der Waals surface area (Å²) in [5, 5.41) is 3.41. The predicted octanol–water partition coefficient (Wildman–Crippen LogP) is 2.50. The molecule has 1 unspecified atom stereocenters. The molecular weight excluding hydrogens is 208 g/mol. The molecule has 0 aromatic carbocycles. The van der Waals surface area contributed by atoms with Crippen molar-refractivity contribution < 1.29 is 0 Å². The highest BCUT2D eigenvalue weighted by Crippen LogP contribution is 2.43. The second kappa shape index (κ2) is 4.89. The second-order valence-electron chi connectivity index (χ2n) is 6.94. The first-order valence-corrected chi connectivity index (χ1v) is 7.71. The molecule has 3 rings (SSSR count). The summed E-state index contributed by atoms with van der Waals surface area (Å²) in [6, 6.07) is 0. The van der Waals surface area contributed by atoms with Gasteiger partial charge in [0.05, 0.1) is 0 Å². The van der Waals surface area contributed by atoms with Gasteiger partial charge in [-0.05, 0) is 56.1 Å². The molecule has 1 aliphatic carbocycles. The van der Waals surface area contributed by atoms with E-state index in [2.05, 4.69) is 17.1 Å². The van der Waals surface area contributed by atoms with E-state index in [9.17, 15) is 0 Å². The third-order valence-corrected chi connectivity index (χ3v) is 5.60. The van der Waals surface area contributed by atoms with Crippen LogP contribution in [-0.4, -0.2) is 37.6 Å². The van der Waals surface area contributed by atoms with Crippen molar-refractivity contribution in [3.63, 3.8) is 0 Å². The fraction of sp³-hybridized carbons (Fsp3) is 1.00. The molecule has 0 bridgehead atoms. The third kappa shape index (κ3) is 2.53. The van der Waals surface area contributed by atoms with E-state index in [0.717, 1.165) is 17.3 Å². The smallest absolute Gasteiger partial charge is 0.00386 e. The Bertz CT molecular complexity index is 254. The van der Waals surface area contributed by atoms with E-state index in [-0.39, 0.29) is 0 Å². The first kappa shape index (κ1) is 12.0. The van der Waals surface area contributed by atoms with E-state index in [1.165, 1.54) is 71.2 Å². The molecule has 17 heavy (non-hydrogen) atoms. The Morgan fingerprint density at radius 1 is 1.18 bits per heavy atom. The highest BCUT2D eigenvalue weighted by atomic mass is 15.2. The summed E-state index contributed by atoms with van der Waals surface area (Å²) in [5.74, 6) is 1.85. The van der Waals surface area contributed by atoms with Crippen molar-refractivity contribution in [2.75, 3.05) is 32.7 Å². The number of rotatable bonds is 3. The molecular formula is C15H28N2. The topological polar surface area (TPSA) is 15.3 Å². The Morgan fingerprint density at radius 3 is 2.59 bits per heavy atom. The Morgan fingerprint density at radius 2 is 1.94 bits per heavy atom.